The van der Waals surface area contributed by atoms with Crippen molar-refractivity contribution in [2.75, 3.05) is 18.9 Å². The van der Waals surface area contributed by atoms with Gasteiger partial charge in [0.1, 0.15) is 22.1 Å². The summed E-state index contributed by atoms with van der Waals surface area (Å²) in [7, 11) is -0.846. The molecular formula is C17H18N4O5S. The van der Waals surface area contributed by atoms with Crippen LogP contribution < -0.4 is 14.2 Å². The van der Waals surface area contributed by atoms with Crippen LogP contribution in [0, 0.1) is 0 Å². The highest BCUT2D eigenvalue weighted by molar-refractivity contribution is 7.92. The number of ether oxygens (including phenoxy) is 2. The first kappa shape index (κ1) is 17.4. The standard InChI is InChI=1S/C17H18N4O5S/c1-24-12-5-11(6-13(7-12)25-2)21-27(22,23)14-8-15(18-9-14)17-20-19-16(26-17)10-3-4-10/h5-10,18,21H,3-4H2,1-2H3. The largest absolute Gasteiger partial charge is 0.497 e. The molecule has 0 amide bonds. The Morgan fingerprint density at radius 3 is 2.44 bits per heavy atom. The van der Waals surface area contributed by atoms with Crippen LogP contribution in [0.15, 0.2) is 39.8 Å². The van der Waals surface area contributed by atoms with E-state index in [0.29, 0.717) is 34.7 Å². The second kappa shape index (κ2) is 6.62. The summed E-state index contributed by atoms with van der Waals surface area (Å²) in [5.41, 5.74) is 0.765. The van der Waals surface area contributed by atoms with Crippen LogP contribution in [-0.4, -0.2) is 37.8 Å². The van der Waals surface area contributed by atoms with Crippen molar-refractivity contribution < 1.29 is 22.3 Å². The number of nitrogens with one attached hydrogen (secondary N) is 2. The van der Waals surface area contributed by atoms with Gasteiger partial charge in [-0.3, -0.25) is 4.72 Å². The van der Waals surface area contributed by atoms with Crippen LogP contribution in [0.2, 0.25) is 0 Å². The van der Waals surface area contributed by atoms with Gasteiger partial charge in [0, 0.05) is 30.3 Å². The Labute approximate surface area is 155 Å². The van der Waals surface area contributed by atoms with E-state index in [1.807, 2.05) is 0 Å². The summed E-state index contributed by atoms with van der Waals surface area (Å²) < 4.78 is 43.8. The highest BCUT2D eigenvalue weighted by Crippen LogP contribution is 2.40. The van der Waals surface area contributed by atoms with Gasteiger partial charge in [0.15, 0.2) is 0 Å². The van der Waals surface area contributed by atoms with Crippen LogP contribution in [0.5, 0.6) is 11.5 Å². The van der Waals surface area contributed by atoms with Crippen LogP contribution in [-0.2, 0) is 10.0 Å². The molecule has 0 saturated heterocycles. The van der Waals surface area contributed by atoms with Gasteiger partial charge in [-0.05, 0) is 18.9 Å². The molecule has 9 nitrogen and oxygen atoms in total. The third kappa shape index (κ3) is 3.61. The molecule has 0 radical (unpaired) electrons. The van der Waals surface area contributed by atoms with Gasteiger partial charge < -0.3 is 18.9 Å². The molecule has 0 bridgehead atoms. The highest BCUT2D eigenvalue weighted by atomic mass is 32.2. The van der Waals surface area contributed by atoms with Crippen molar-refractivity contribution in [3.8, 4) is 23.1 Å². The first-order valence-electron chi connectivity index (χ1n) is 8.26. The van der Waals surface area contributed by atoms with Crippen LogP contribution in [0.4, 0.5) is 5.69 Å². The molecule has 142 valence electrons. The molecule has 1 saturated carbocycles. The van der Waals surface area contributed by atoms with E-state index in [1.54, 1.807) is 18.2 Å². The SMILES string of the molecule is COc1cc(NS(=O)(=O)c2c[nH]c(-c3nnc(C4CC4)o3)c2)cc(OC)c1. The molecule has 0 atom stereocenters. The Morgan fingerprint density at radius 2 is 1.81 bits per heavy atom. The summed E-state index contributed by atoms with van der Waals surface area (Å²) in [5, 5.41) is 7.98. The maximum absolute atomic E-state index is 12.7. The number of sulfonamides is 1. The number of nitrogens with zero attached hydrogens (tertiary/aromatic N) is 2. The number of methoxy groups -OCH3 is 2. The molecule has 1 fully saturated rings. The Hall–Kier alpha value is -3.01. The zero-order valence-corrected chi connectivity index (χ0v) is 15.5. The number of hydrogen-bond donors (Lipinski definition) is 2. The smallest absolute Gasteiger partial charge is 0.264 e. The monoisotopic (exact) mass is 390 g/mol. The first-order chi connectivity index (χ1) is 13.0. The molecule has 3 aromatic rings. The third-order valence-corrected chi connectivity index (χ3v) is 5.53. The van der Waals surface area contributed by atoms with Gasteiger partial charge in [0.2, 0.25) is 5.89 Å². The van der Waals surface area contributed by atoms with E-state index < -0.39 is 10.0 Å². The molecule has 4 rings (SSSR count). The normalized spacial score (nSPS) is 14.1. The van der Waals surface area contributed by atoms with Crippen molar-refractivity contribution in [1.29, 1.82) is 0 Å². The van der Waals surface area contributed by atoms with E-state index in [4.69, 9.17) is 13.9 Å². The fourth-order valence-corrected chi connectivity index (χ4v) is 3.61. The van der Waals surface area contributed by atoms with Gasteiger partial charge in [0.25, 0.3) is 15.9 Å². The highest BCUT2D eigenvalue weighted by Gasteiger charge is 2.30. The second-order valence-corrected chi connectivity index (χ2v) is 7.86. The van der Waals surface area contributed by atoms with Gasteiger partial charge in [-0.15, -0.1) is 10.2 Å². The van der Waals surface area contributed by atoms with Crippen molar-refractivity contribution >= 4 is 15.7 Å². The fraction of sp³-hybridized carbons (Fsp3) is 0.294. The Kier molecular flexibility index (Phi) is 4.27. The summed E-state index contributed by atoms with van der Waals surface area (Å²) in [6.45, 7) is 0. The molecule has 2 heterocycles. The number of rotatable bonds is 7. The van der Waals surface area contributed by atoms with E-state index in [2.05, 4.69) is 19.9 Å². The van der Waals surface area contributed by atoms with Crippen molar-refractivity contribution in [3.05, 3.63) is 36.4 Å². The number of anilines is 1. The molecule has 1 aliphatic carbocycles. The topological polar surface area (TPSA) is 119 Å². The molecule has 2 N–H and O–H groups in total. The Bertz CT molecular complexity index is 1050. The number of hydrogen-bond acceptors (Lipinski definition) is 7. The lowest BCUT2D eigenvalue weighted by Gasteiger charge is -2.10. The molecule has 1 aromatic carbocycles. The maximum atomic E-state index is 12.7. The fourth-order valence-electron chi connectivity index (χ4n) is 2.57. The third-order valence-electron chi connectivity index (χ3n) is 4.17. The molecule has 0 aliphatic heterocycles. The lowest BCUT2D eigenvalue weighted by atomic mass is 10.3. The molecule has 27 heavy (non-hydrogen) atoms. The summed E-state index contributed by atoms with van der Waals surface area (Å²) >= 11 is 0. The number of benzene rings is 1. The molecular weight excluding hydrogens is 372 g/mol. The zero-order chi connectivity index (χ0) is 19.0. The van der Waals surface area contributed by atoms with Gasteiger partial charge in [0.05, 0.1) is 19.9 Å². The van der Waals surface area contributed by atoms with Crippen LogP contribution in [0.25, 0.3) is 11.6 Å². The lowest BCUT2D eigenvalue weighted by Crippen LogP contribution is -2.12. The average molecular weight is 390 g/mol. The number of H-pyrrole nitrogens is 1. The summed E-state index contributed by atoms with van der Waals surface area (Å²) in [6, 6.07) is 6.23. The van der Waals surface area contributed by atoms with Gasteiger partial charge in [-0.1, -0.05) is 0 Å². The van der Waals surface area contributed by atoms with Crippen LogP contribution in [0.1, 0.15) is 24.7 Å². The van der Waals surface area contributed by atoms with Gasteiger partial charge in [-0.25, -0.2) is 8.42 Å². The van der Waals surface area contributed by atoms with E-state index in [-0.39, 0.29) is 10.8 Å². The minimum atomic E-state index is -3.83. The molecule has 0 unspecified atom stereocenters. The van der Waals surface area contributed by atoms with E-state index in [9.17, 15) is 8.42 Å². The van der Waals surface area contributed by atoms with Crippen molar-refractivity contribution in [3.63, 3.8) is 0 Å². The van der Waals surface area contributed by atoms with Crippen LogP contribution >= 0.6 is 0 Å². The predicted molar refractivity (Wildman–Crippen MR) is 96.4 cm³/mol. The Balaban J connectivity index is 1.58. The molecule has 0 spiro atoms. The minimum Gasteiger partial charge on any atom is -0.497 e. The van der Waals surface area contributed by atoms with E-state index in [1.165, 1.54) is 26.5 Å². The molecule has 2 aromatic heterocycles. The van der Waals surface area contributed by atoms with E-state index >= 15 is 0 Å². The summed E-state index contributed by atoms with van der Waals surface area (Å²) in [4.78, 5) is 2.91. The first-order valence-corrected chi connectivity index (χ1v) is 9.75. The number of aromatic nitrogens is 3. The van der Waals surface area contributed by atoms with Gasteiger partial charge in [-0.2, -0.15) is 0 Å². The quantitative estimate of drug-likeness (QED) is 0.636. The zero-order valence-electron chi connectivity index (χ0n) is 14.7. The van der Waals surface area contributed by atoms with Gasteiger partial charge >= 0.3 is 0 Å². The molecule has 10 heteroatoms. The second-order valence-electron chi connectivity index (χ2n) is 6.18. The minimum absolute atomic E-state index is 0.0467. The Morgan fingerprint density at radius 1 is 1.11 bits per heavy atom. The van der Waals surface area contributed by atoms with Crippen molar-refractivity contribution in [2.24, 2.45) is 0 Å². The van der Waals surface area contributed by atoms with E-state index in [0.717, 1.165) is 12.8 Å². The predicted octanol–water partition coefficient (Wildman–Crippen LogP) is 2.76. The van der Waals surface area contributed by atoms with Crippen molar-refractivity contribution in [2.45, 2.75) is 23.7 Å². The van der Waals surface area contributed by atoms with Crippen LogP contribution in [0.3, 0.4) is 0 Å². The number of aromatic amines is 1. The summed E-state index contributed by atoms with van der Waals surface area (Å²) in [6.07, 6.45) is 3.45. The molecule has 1 aliphatic rings. The summed E-state index contributed by atoms with van der Waals surface area (Å²) in [5.74, 6) is 2.13. The maximum Gasteiger partial charge on any atom is 0.264 e. The average Bonchev–Trinajstić information content (AvgIpc) is 3.18. The van der Waals surface area contributed by atoms with Crippen molar-refractivity contribution in [1.82, 2.24) is 15.2 Å². The lowest BCUT2D eigenvalue weighted by molar-refractivity contribution is 0.395.